The van der Waals surface area contributed by atoms with Crippen molar-refractivity contribution < 1.29 is 13.9 Å². The van der Waals surface area contributed by atoms with Crippen LogP contribution in [0, 0.1) is 24.1 Å². The van der Waals surface area contributed by atoms with Gasteiger partial charge in [0.1, 0.15) is 29.8 Å². The van der Waals surface area contributed by atoms with Crippen molar-refractivity contribution in [1.29, 1.82) is 5.26 Å². The molecule has 0 radical (unpaired) electrons. The largest absolute Gasteiger partial charge is 0.489 e. The van der Waals surface area contributed by atoms with Crippen molar-refractivity contribution in [3.63, 3.8) is 0 Å². The molecular weight excluding hydrogens is 527 g/mol. The fourth-order valence-corrected chi connectivity index (χ4v) is 4.37. The summed E-state index contributed by atoms with van der Waals surface area (Å²) in [7, 11) is 0. The Balaban J connectivity index is 1.70. The predicted molar refractivity (Wildman–Crippen MR) is 126 cm³/mol. The number of carbonyl (C=O) groups is 1. The van der Waals surface area contributed by atoms with E-state index >= 15 is 0 Å². The number of nitrogens with zero attached hydrogens (tertiary/aromatic N) is 1. The van der Waals surface area contributed by atoms with E-state index in [9.17, 15) is 14.4 Å². The Bertz CT molecular complexity index is 1160. The van der Waals surface area contributed by atoms with Crippen molar-refractivity contribution in [3.8, 4) is 11.8 Å². The standard InChI is InChI=1S/C24H17Br2FN2O2/c1-15-10-20(25)23(21(26)11-15)29-24(30)18(13-28)12-16-6-8-19(9-7-16)31-14-17-4-2-3-5-22(17)27/h2-12H,14H2,1H3,(H,29,30)/b18-12+. The molecule has 0 atom stereocenters. The maximum absolute atomic E-state index is 13.7. The third kappa shape index (κ3) is 6.03. The molecule has 0 saturated carbocycles. The molecule has 3 rings (SSSR count). The number of nitrogens with one attached hydrogen (secondary N) is 1. The zero-order valence-electron chi connectivity index (χ0n) is 16.5. The minimum atomic E-state index is -0.521. The van der Waals surface area contributed by atoms with Crippen molar-refractivity contribution in [3.05, 3.63) is 97.7 Å². The highest BCUT2D eigenvalue weighted by molar-refractivity contribution is 9.11. The number of hydrogen-bond acceptors (Lipinski definition) is 3. The zero-order valence-corrected chi connectivity index (χ0v) is 19.6. The Morgan fingerprint density at radius 2 is 1.77 bits per heavy atom. The summed E-state index contributed by atoms with van der Waals surface area (Å²) in [5.74, 6) is -0.290. The molecule has 0 spiro atoms. The number of rotatable bonds is 6. The lowest BCUT2D eigenvalue weighted by molar-refractivity contribution is -0.112. The van der Waals surface area contributed by atoms with Gasteiger partial charge in [0.25, 0.3) is 5.91 Å². The van der Waals surface area contributed by atoms with Gasteiger partial charge in [-0.15, -0.1) is 0 Å². The minimum Gasteiger partial charge on any atom is -0.489 e. The molecule has 0 bridgehead atoms. The third-order valence-corrected chi connectivity index (χ3v) is 5.58. The average molecular weight is 544 g/mol. The molecule has 3 aromatic carbocycles. The van der Waals surface area contributed by atoms with Crippen LogP contribution in [0.5, 0.6) is 5.75 Å². The van der Waals surface area contributed by atoms with Gasteiger partial charge < -0.3 is 10.1 Å². The first-order chi connectivity index (χ1) is 14.9. The number of hydrogen-bond donors (Lipinski definition) is 1. The van der Waals surface area contributed by atoms with E-state index < -0.39 is 5.91 Å². The fourth-order valence-electron chi connectivity index (χ4n) is 2.75. The molecule has 3 aromatic rings. The first-order valence-corrected chi connectivity index (χ1v) is 10.8. The van der Waals surface area contributed by atoms with Crippen molar-refractivity contribution in [2.75, 3.05) is 5.32 Å². The van der Waals surface area contributed by atoms with E-state index in [4.69, 9.17) is 4.74 Å². The van der Waals surface area contributed by atoms with Gasteiger partial charge in [0, 0.05) is 14.5 Å². The van der Waals surface area contributed by atoms with Gasteiger partial charge in [0.15, 0.2) is 0 Å². The van der Waals surface area contributed by atoms with E-state index in [2.05, 4.69) is 37.2 Å². The molecule has 0 fully saturated rings. The average Bonchev–Trinajstić information content (AvgIpc) is 2.74. The van der Waals surface area contributed by atoms with Crippen LogP contribution < -0.4 is 10.1 Å². The summed E-state index contributed by atoms with van der Waals surface area (Å²) in [6.45, 7) is 2.04. The van der Waals surface area contributed by atoms with Crippen molar-refractivity contribution in [2.45, 2.75) is 13.5 Å². The van der Waals surface area contributed by atoms with Gasteiger partial charge in [-0.3, -0.25) is 4.79 Å². The Hall–Kier alpha value is -2.95. The monoisotopic (exact) mass is 542 g/mol. The van der Waals surface area contributed by atoms with Crippen LogP contribution in [0.3, 0.4) is 0 Å². The molecule has 0 aliphatic heterocycles. The van der Waals surface area contributed by atoms with E-state index in [1.165, 1.54) is 12.1 Å². The molecular formula is C24H17Br2FN2O2. The van der Waals surface area contributed by atoms with Gasteiger partial charge in [0.05, 0.1) is 5.69 Å². The van der Waals surface area contributed by atoms with Gasteiger partial charge in [-0.25, -0.2) is 4.39 Å². The van der Waals surface area contributed by atoms with Gasteiger partial charge in [-0.2, -0.15) is 5.26 Å². The summed E-state index contributed by atoms with van der Waals surface area (Å²) in [6.07, 6.45) is 1.49. The summed E-state index contributed by atoms with van der Waals surface area (Å²) >= 11 is 6.85. The van der Waals surface area contributed by atoms with Crippen LogP contribution in [0.1, 0.15) is 16.7 Å². The topological polar surface area (TPSA) is 62.1 Å². The second kappa shape index (κ2) is 10.4. The Morgan fingerprint density at radius 3 is 2.39 bits per heavy atom. The van der Waals surface area contributed by atoms with Crippen LogP contribution in [0.15, 0.2) is 75.2 Å². The third-order valence-electron chi connectivity index (χ3n) is 4.33. The smallest absolute Gasteiger partial charge is 0.266 e. The molecule has 4 nitrogen and oxygen atoms in total. The van der Waals surface area contributed by atoms with Gasteiger partial charge in [0.2, 0.25) is 0 Å². The minimum absolute atomic E-state index is 0.0422. The molecule has 1 amide bonds. The SMILES string of the molecule is Cc1cc(Br)c(NC(=O)/C(C#N)=C/c2ccc(OCc3ccccc3F)cc2)c(Br)c1. The summed E-state index contributed by atoms with van der Waals surface area (Å²) in [5, 5.41) is 12.2. The molecule has 31 heavy (non-hydrogen) atoms. The summed E-state index contributed by atoms with van der Waals surface area (Å²) < 4.78 is 20.7. The molecule has 0 aromatic heterocycles. The number of nitriles is 1. The normalized spacial score (nSPS) is 11.0. The molecule has 0 aliphatic rings. The summed E-state index contributed by atoms with van der Waals surface area (Å²) in [5.41, 5.74) is 2.65. The van der Waals surface area contributed by atoms with Crippen molar-refractivity contribution in [1.82, 2.24) is 0 Å². The van der Waals surface area contributed by atoms with E-state index in [1.807, 2.05) is 25.1 Å². The number of anilines is 1. The van der Waals surface area contributed by atoms with Gasteiger partial charge in [-0.1, -0.05) is 30.3 Å². The molecule has 156 valence electrons. The highest BCUT2D eigenvalue weighted by Crippen LogP contribution is 2.32. The highest BCUT2D eigenvalue weighted by Gasteiger charge is 2.14. The van der Waals surface area contributed by atoms with Gasteiger partial charge >= 0.3 is 0 Å². The maximum Gasteiger partial charge on any atom is 0.266 e. The van der Waals surface area contributed by atoms with Crippen molar-refractivity contribution in [2.24, 2.45) is 0 Å². The highest BCUT2D eigenvalue weighted by atomic mass is 79.9. The van der Waals surface area contributed by atoms with Crippen LogP contribution in [-0.2, 0) is 11.4 Å². The van der Waals surface area contributed by atoms with Crippen LogP contribution in [0.25, 0.3) is 6.08 Å². The molecule has 0 aliphatic carbocycles. The lowest BCUT2D eigenvalue weighted by Gasteiger charge is -2.10. The Kier molecular flexibility index (Phi) is 7.61. The maximum atomic E-state index is 13.7. The van der Waals surface area contributed by atoms with E-state index in [1.54, 1.807) is 42.5 Å². The second-order valence-corrected chi connectivity index (χ2v) is 8.39. The molecule has 7 heteroatoms. The van der Waals surface area contributed by atoms with Crippen LogP contribution in [-0.4, -0.2) is 5.91 Å². The predicted octanol–water partition coefficient (Wildman–Crippen LogP) is 6.78. The molecule has 1 N–H and O–H groups in total. The summed E-state index contributed by atoms with van der Waals surface area (Å²) in [6, 6.07) is 18.9. The van der Waals surface area contributed by atoms with E-state index in [0.29, 0.717) is 31.5 Å². The molecule has 0 unspecified atom stereocenters. The first kappa shape index (κ1) is 22.7. The first-order valence-electron chi connectivity index (χ1n) is 9.22. The number of amides is 1. The number of carbonyl (C=O) groups excluding carboxylic acids is 1. The summed E-state index contributed by atoms with van der Waals surface area (Å²) in [4.78, 5) is 12.6. The fraction of sp³-hybridized carbons (Fsp3) is 0.0833. The number of halogens is 3. The lowest BCUT2D eigenvalue weighted by Crippen LogP contribution is -2.14. The van der Waals surface area contributed by atoms with Crippen LogP contribution in [0.2, 0.25) is 0 Å². The zero-order chi connectivity index (χ0) is 22.4. The van der Waals surface area contributed by atoms with Crippen LogP contribution in [0.4, 0.5) is 10.1 Å². The van der Waals surface area contributed by atoms with E-state index in [0.717, 1.165) is 5.56 Å². The number of aryl methyl sites for hydroxylation is 1. The Morgan fingerprint density at radius 1 is 1.13 bits per heavy atom. The quantitative estimate of drug-likeness (QED) is 0.275. The Labute approximate surface area is 196 Å². The second-order valence-electron chi connectivity index (χ2n) is 6.68. The number of ether oxygens (including phenoxy) is 1. The van der Waals surface area contributed by atoms with Crippen LogP contribution >= 0.6 is 31.9 Å². The van der Waals surface area contributed by atoms with Gasteiger partial charge in [-0.05, 0) is 86.3 Å². The number of benzene rings is 3. The van der Waals surface area contributed by atoms with Crippen molar-refractivity contribution >= 4 is 49.5 Å². The molecule has 0 saturated heterocycles. The lowest BCUT2D eigenvalue weighted by atomic mass is 10.1. The molecule has 0 heterocycles. The van der Waals surface area contributed by atoms with E-state index in [-0.39, 0.29) is 18.0 Å².